The number of pyridine rings is 1. The molecule has 0 unspecified atom stereocenters. The van der Waals surface area contributed by atoms with E-state index in [2.05, 4.69) is 16.0 Å². The van der Waals surface area contributed by atoms with Gasteiger partial charge in [-0.25, -0.2) is 9.37 Å². The van der Waals surface area contributed by atoms with E-state index in [4.69, 9.17) is 9.72 Å². The summed E-state index contributed by atoms with van der Waals surface area (Å²) in [6.07, 6.45) is 6.72. The molecule has 3 aromatic rings. The predicted octanol–water partition coefficient (Wildman–Crippen LogP) is 4.48. The van der Waals surface area contributed by atoms with Crippen LogP contribution < -0.4 is 4.74 Å². The number of aryl methyl sites for hydroxylation is 1. The van der Waals surface area contributed by atoms with E-state index < -0.39 is 5.60 Å². The Morgan fingerprint density at radius 1 is 1.19 bits per heavy atom. The number of rotatable bonds is 7. The topological polar surface area (TPSA) is 58.5 Å². The Hall–Kier alpha value is -2.35. The van der Waals surface area contributed by atoms with Gasteiger partial charge in [-0.05, 0) is 68.6 Å². The first-order chi connectivity index (χ1) is 15.0. The maximum atomic E-state index is 13.0. The van der Waals surface area contributed by atoms with Crippen LogP contribution in [-0.2, 0) is 18.6 Å². The van der Waals surface area contributed by atoms with Gasteiger partial charge in [0.15, 0.2) is 0 Å². The number of likely N-dealkylation sites (tertiary alicyclic amines) is 1. The van der Waals surface area contributed by atoms with E-state index >= 15 is 0 Å². The highest BCUT2D eigenvalue weighted by Gasteiger charge is 2.35. The fourth-order valence-electron chi connectivity index (χ4n) is 3.95. The smallest absolute Gasteiger partial charge is 0.125 e. The number of aliphatic hydroxyl groups is 1. The maximum absolute atomic E-state index is 13.0. The van der Waals surface area contributed by atoms with Crippen molar-refractivity contribution < 1.29 is 14.2 Å². The monoisotopic (exact) mass is 441 g/mol. The molecule has 2 aromatic heterocycles. The van der Waals surface area contributed by atoms with Gasteiger partial charge in [0.2, 0.25) is 0 Å². The van der Waals surface area contributed by atoms with Crippen LogP contribution in [0.1, 0.15) is 40.4 Å². The van der Waals surface area contributed by atoms with Gasteiger partial charge in [0.05, 0.1) is 12.3 Å². The minimum Gasteiger partial charge on any atom is -0.493 e. The van der Waals surface area contributed by atoms with Crippen molar-refractivity contribution in [3.05, 3.63) is 75.8 Å². The van der Waals surface area contributed by atoms with Crippen LogP contribution in [0.5, 0.6) is 5.75 Å². The number of nitrogens with zero attached hydrogens (tertiary/aromatic N) is 3. The molecule has 1 aliphatic heterocycles. The number of hydrogen-bond donors (Lipinski definition) is 1. The molecule has 1 aliphatic rings. The Labute approximate surface area is 186 Å². The lowest BCUT2D eigenvalue weighted by Crippen LogP contribution is -2.29. The Morgan fingerprint density at radius 3 is 2.81 bits per heavy atom. The van der Waals surface area contributed by atoms with Gasteiger partial charge in [0.25, 0.3) is 0 Å². The first kappa shape index (κ1) is 21.9. The molecule has 5 nitrogen and oxygen atoms in total. The lowest BCUT2D eigenvalue weighted by atomic mass is 9.96. The van der Waals surface area contributed by atoms with Gasteiger partial charge in [0, 0.05) is 36.8 Å². The lowest BCUT2D eigenvalue weighted by Gasteiger charge is -2.24. The summed E-state index contributed by atoms with van der Waals surface area (Å²) in [5, 5.41) is 12.2. The molecule has 4 rings (SSSR count). The van der Waals surface area contributed by atoms with Crippen LogP contribution in [0.2, 0.25) is 0 Å². The molecule has 1 atom stereocenters. The second kappa shape index (κ2) is 9.85. The molecule has 0 bridgehead atoms. The van der Waals surface area contributed by atoms with E-state index in [1.54, 1.807) is 29.7 Å². The third-order valence-corrected chi connectivity index (χ3v) is 7.15. The summed E-state index contributed by atoms with van der Waals surface area (Å²) in [5.74, 6) is 0.380. The molecule has 1 fully saturated rings. The van der Waals surface area contributed by atoms with Gasteiger partial charge < -0.3 is 9.84 Å². The zero-order valence-electron chi connectivity index (χ0n) is 17.8. The Bertz CT molecular complexity index is 980. The first-order valence-corrected chi connectivity index (χ1v) is 11.5. The van der Waals surface area contributed by atoms with E-state index in [0.29, 0.717) is 25.2 Å². The molecular weight excluding hydrogens is 413 g/mol. The van der Waals surface area contributed by atoms with Crippen molar-refractivity contribution in [3.8, 4) is 5.75 Å². The number of aromatic nitrogens is 2. The summed E-state index contributed by atoms with van der Waals surface area (Å²) in [6, 6.07) is 10.1. The van der Waals surface area contributed by atoms with E-state index in [9.17, 15) is 9.50 Å². The zero-order valence-corrected chi connectivity index (χ0v) is 18.6. The summed E-state index contributed by atoms with van der Waals surface area (Å²) in [7, 11) is 0. The Morgan fingerprint density at radius 2 is 2.03 bits per heavy atom. The quantitative estimate of drug-likeness (QED) is 0.586. The molecule has 0 aliphatic carbocycles. The molecule has 164 valence electrons. The summed E-state index contributed by atoms with van der Waals surface area (Å²) in [4.78, 5) is 12.4. The fourth-order valence-corrected chi connectivity index (χ4v) is 5.14. The SMILES string of the molecule is Cc1nc([C@@]2(O)CCCN(Cc3cccnc3)CC2)sc1CCOc1ccc(F)cc1. The highest BCUT2D eigenvalue weighted by molar-refractivity contribution is 7.11. The Balaban J connectivity index is 1.35. The van der Waals surface area contributed by atoms with Crippen molar-refractivity contribution >= 4 is 11.3 Å². The van der Waals surface area contributed by atoms with Crippen molar-refractivity contribution in [2.45, 2.75) is 44.8 Å². The van der Waals surface area contributed by atoms with Crippen molar-refractivity contribution in [2.75, 3.05) is 19.7 Å². The molecule has 1 N–H and O–H groups in total. The lowest BCUT2D eigenvalue weighted by molar-refractivity contribution is 0.0207. The largest absolute Gasteiger partial charge is 0.493 e. The average molecular weight is 442 g/mol. The van der Waals surface area contributed by atoms with Crippen LogP contribution in [-0.4, -0.2) is 39.7 Å². The molecule has 1 aromatic carbocycles. The van der Waals surface area contributed by atoms with Gasteiger partial charge in [0.1, 0.15) is 22.2 Å². The van der Waals surface area contributed by atoms with Crippen LogP contribution in [0, 0.1) is 12.7 Å². The second-order valence-electron chi connectivity index (χ2n) is 8.10. The van der Waals surface area contributed by atoms with E-state index in [1.165, 1.54) is 17.7 Å². The fraction of sp³-hybridized carbons (Fsp3) is 0.417. The average Bonchev–Trinajstić information content (AvgIpc) is 3.04. The van der Waals surface area contributed by atoms with Crippen LogP contribution >= 0.6 is 11.3 Å². The maximum Gasteiger partial charge on any atom is 0.125 e. The summed E-state index contributed by atoms with van der Waals surface area (Å²) in [5.41, 5.74) is 1.27. The molecular formula is C24H28FN3O2S. The normalized spacial score (nSPS) is 19.8. The summed E-state index contributed by atoms with van der Waals surface area (Å²) >= 11 is 1.59. The number of thiazole rings is 1. The first-order valence-electron chi connectivity index (χ1n) is 10.7. The van der Waals surface area contributed by atoms with E-state index in [1.807, 2.05) is 19.2 Å². The van der Waals surface area contributed by atoms with Crippen molar-refractivity contribution in [3.63, 3.8) is 0 Å². The third kappa shape index (κ3) is 5.67. The highest BCUT2D eigenvalue weighted by Crippen LogP contribution is 2.37. The van der Waals surface area contributed by atoms with Gasteiger partial charge in [-0.3, -0.25) is 9.88 Å². The minimum absolute atomic E-state index is 0.272. The van der Waals surface area contributed by atoms with Crippen molar-refractivity contribution in [2.24, 2.45) is 0 Å². The van der Waals surface area contributed by atoms with Gasteiger partial charge in [-0.15, -0.1) is 11.3 Å². The standard InChI is InChI=1S/C24H28FN3O2S/c1-18-22(9-15-30-21-7-5-20(25)6-8-21)31-23(27-18)24(29)10-3-13-28(14-11-24)17-19-4-2-12-26-16-19/h2,4-8,12,16,29H,3,9-11,13-15,17H2,1H3/t24-/m1/s1. The summed E-state index contributed by atoms with van der Waals surface area (Å²) in [6.45, 7) is 5.12. The van der Waals surface area contributed by atoms with Gasteiger partial charge in [-0.1, -0.05) is 6.07 Å². The number of hydrogen-bond acceptors (Lipinski definition) is 6. The number of halogens is 1. The Kier molecular flexibility index (Phi) is 6.95. The predicted molar refractivity (Wildman–Crippen MR) is 120 cm³/mol. The van der Waals surface area contributed by atoms with E-state index in [0.717, 1.165) is 48.1 Å². The number of benzene rings is 1. The molecule has 3 heterocycles. The van der Waals surface area contributed by atoms with Crippen LogP contribution in [0.3, 0.4) is 0 Å². The molecule has 7 heteroatoms. The van der Waals surface area contributed by atoms with Crippen LogP contribution in [0.4, 0.5) is 4.39 Å². The highest BCUT2D eigenvalue weighted by atomic mass is 32.1. The van der Waals surface area contributed by atoms with Crippen molar-refractivity contribution in [1.82, 2.24) is 14.9 Å². The van der Waals surface area contributed by atoms with Crippen LogP contribution in [0.25, 0.3) is 0 Å². The number of ether oxygens (including phenoxy) is 1. The molecule has 31 heavy (non-hydrogen) atoms. The zero-order chi connectivity index (χ0) is 21.7. The molecule has 0 saturated carbocycles. The summed E-state index contributed by atoms with van der Waals surface area (Å²) < 4.78 is 18.7. The molecule has 0 spiro atoms. The third-order valence-electron chi connectivity index (χ3n) is 5.74. The van der Waals surface area contributed by atoms with Crippen LogP contribution in [0.15, 0.2) is 48.8 Å². The van der Waals surface area contributed by atoms with Gasteiger partial charge >= 0.3 is 0 Å². The van der Waals surface area contributed by atoms with E-state index in [-0.39, 0.29) is 5.82 Å². The molecule has 0 amide bonds. The minimum atomic E-state index is -0.880. The van der Waals surface area contributed by atoms with Crippen molar-refractivity contribution in [1.29, 1.82) is 0 Å². The second-order valence-corrected chi connectivity index (χ2v) is 9.19. The molecule has 0 radical (unpaired) electrons. The van der Waals surface area contributed by atoms with Gasteiger partial charge in [-0.2, -0.15) is 0 Å². The molecule has 1 saturated heterocycles.